The first-order chi connectivity index (χ1) is 16.8. The van der Waals surface area contributed by atoms with Gasteiger partial charge in [-0.05, 0) is 44.9 Å². The van der Waals surface area contributed by atoms with Crippen LogP contribution in [0.4, 0.5) is 0 Å². The Hall–Kier alpha value is -3.42. The van der Waals surface area contributed by atoms with Crippen molar-refractivity contribution in [3.05, 3.63) is 0 Å². The van der Waals surface area contributed by atoms with Gasteiger partial charge in [-0.3, -0.25) is 29.0 Å². The Labute approximate surface area is 211 Å². The summed E-state index contributed by atoms with van der Waals surface area (Å²) in [5, 5.41) is 7.80. The maximum absolute atomic E-state index is 13.5. The van der Waals surface area contributed by atoms with E-state index >= 15 is 0 Å². The number of likely N-dealkylation sites (tertiary alicyclic amines) is 1. The molecule has 1 heterocycles. The minimum atomic E-state index is -0.988. The predicted octanol–water partition coefficient (Wildman–Crippen LogP) is -3.00. The van der Waals surface area contributed by atoms with Crippen molar-refractivity contribution in [2.24, 2.45) is 33.8 Å². The van der Waals surface area contributed by atoms with Crippen LogP contribution in [0.5, 0.6) is 0 Å². The molecule has 0 radical (unpaired) electrons. The van der Waals surface area contributed by atoms with E-state index in [4.69, 9.17) is 22.9 Å². The number of primary amides is 1. The van der Waals surface area contributed by atoms with E-state index in [1.165, 1.54) is 11.8 Å². The number of aliphatic imine (C=N–C) groups is 1. The summed E-state index contributed by atoms with van der Waals surface area (Å²) in [6, 6.07) is -3.49. The van der Waals surface area contributed by atoms with Crippen LogP contribution >= 0.6 is 0 Å². The smallest absolute Gasteiger partial charge is 0.245 e. The number of nitrogens with one attached hydrogen (secondary N) is 3. The molecule has 14 nitrogen and oxygen atoms in total. The van der Waals surface area contributed by atoms with Crippen molar-refractivity contribution in [1.29, 1.82) is 0 Å². The molecule has 1 saturated heterocycles. The number of amides is 5. The van der Waals surface area contributed by atoms with Crippen LogP contribution in [0.1, 0.15) is 52.9 Å². The van der Waals surface area contributed by atoms with Gasteiger partial charge in [-0.1, -0.05) is 13.8 Å². The van der Waals surface area contributed by atoms with E-state index < -0.39 is 53.7 Å². The first kappa shape index (κ1) is 30.6. The average Bonchev–Trinajstić information content (AvgIpc) is 3.27. The lowest BCUT2D eigenvalue weighted by Crippen LogP contribution is -2.57. The van der Waals surface area contributed by atoms with E-state index in [0.29, 0.717) is 32.2 Å². The molecule has 0 aliphatic carbocycles. The Morgan fingerprint density at radius 3 is 2.19 bits per heavy atom. The van der Waals surface area contributed by atoms with Gasteiger partial charge in [0, 0.05) is 13.1 Å². The number of hydrogen-bond donors (Lipinski definition) is 7. The van der Waals surface area contributed by atoms with Crippen LogP contribution in [0.2, 0.25) is 0 Å². The molecule has 204 valence electrons. The van der Waals surface area contributed by atoms with Gasteiger partial charge in [0.2, 0.25) is 29.5 Å². The maximum Gasteiger partial charge on any atom is 0.245 e. The van der Waals surface area contributed by atoms with Crippen LogP contribution in [-0.2, 0) is 24.0 Å². The van der Waals surface area contributed by atoms with Crippen LogP contribution in [0.3, 0.4) is 0 Å². The minimum absolute atomic E-state index is 0.0714. The molecule has 0 bridgehead atoms. The fourth-order valence-corrected chi connectivity index (χ4v) is 3.83. The van der Waals surface area contributed by atoms with E-state index in [1.807, 2.05) is 13.8 Å². The lowest BCUT2D eigenvalue weighted by atomic mass is 10.0. The van der Waals surface area contributed by atoms with Gasteiger partial charge in [0.15, 0.2) is 5.96 Å². The van der Waals surface area contributed by atoms with Crippen molar-refractivity contribution in [3.8, 4) is 0 Å². The van der Waals surface area contributed by atoms with E-state index in [-0.39, 0.29) is 31.4 Å². The molecular formula is C22H41N9O5. The third-order valence-electron chi connectivity index (χ3n) is 5.59. The monoisotopic (exact) mass is 511 g/mol. The van der Waals surface area contributed by atoms with E-state index in [1.54, 1.807) is 0 Å². The van der Waals surface area contributed by atoms with Gasteiger partial charge >= 0.3 is 0 Å². The Morgan fingerprint density at radius 2 is 1.64 bits per heavy atom. The summed E-state index contributed by atoms with van der Waals surface area (Å²) in [5.41, 5.74) is 21.5. The van der Waals surface area contributed by atoms with Gasteiger partial charge in [0.05, 0.1) is 12.6 Å². The van der Waals surface area contributed by atoms with Crippen molar-refractivity contribution < 1.29 is 24.0 Å². The summed E-state index contributed by atoms with van der Waals surface area (Å²) in [5.74, 6) is -2.69. The summed E-state index contributed by atoms with van der Waals surface area (Å²) >= 11 is 0. The standard InChI is InChI=1S/C22H41N9O5/c1-12(2)10-15(30-18(33)13(3)23)19(34)29-14(6-4-8-27-22(25)26)21(36)31-9-5-7-16(31)20(35)28-11-17(24)32/h12-16H,4-11,23H2,1-3H3,(H2,24,32)(H,28,35)(H,29,34)(H,30,33)(H4,25,26,27)/t13-,14-,15-,16-/m0/s1. The topological polar surface area (TPSA) is 241 Å². The van der Waals surface area contributed by atoms with Gasteiger partial charge in [-0.15, -0.1) is 0 Å². The van der Waals surface area contributed by atoms with E-state index in [9.17, 15) is 24.0 Å². The molecule has 0 unspecified atom stereocenters. The first-order valence-corrected chi connectivity index (χ1v) is 12.1. The first-order valence-electron chi connectivity index (χ1n) is 12.1. The molecule has 1 aliphatic heterocycles. The maximum atomic E-state index is 13.5. The van der Waals surface area contributed by atoms with Crippen molar-refractivity contribution in [2.75, 3.05) is 19.6 Å². The number of hydrogen-bond acceptors (Lipinski definition) is 7. The van der Waals surface area contributed by atoms with Gasteiger partial charge < -0.3 is 43.8 Å². The Morgan fingerprint density at radius 1 is 1.00 bits per heavy atom. The zero-order valence-corrected chi connectivity index (χ0v) is 21.3. The highest BCUT2D eigenvalue weighted by Gasteiger charge is 2.38. The number of carbonyl (C=O) groups excluding carboxylic acids is 5. The number of rotatable bonds is 14. The SMILES string of the molecule is CC(C)C[C@H](NC(=O)[C@H](C)N)C(=O)N[C@@H](CCCN=C(N)N)C(=O)N1CCC[C@H]1C(=O)NCC(N)=O. The van der Waals surface area contributed by atoms with Gasteiger partial charge in [0.25, 0.3) is 0 Å². The number of nitrogens with two attached hydrogens (primary N) is 4. The van der Waals surface area contributed by atoms with Gasteiger partial charge in [-0.25, -0.2) is 0 Å². The molecule has 14 heteroatoms. The van der Waals surface area contributed by atoms with Crippen molar-refractivity contribution in [2.45, 2.75) is 77.0 Å². The Bertz CT molecular complexity index is 827. The lowest BCUT2D eigenvalue weighted by molar-refractivity contribution is -0.142. The fraction of sp³-hybridized carbons (Fsp3) is 0.727. The molecule has 0 saturated carbocycles. The number of nitrogens with zero attached hydrogens (tertiary/aromatic N) is 2. The summed E-state index contributed by atoms with van der Waals surface area (Å²) in [4.78, 5) is 67.7. The lowest BCUT2D eigenvalue weighted by Gasteiger charge is -2.30. The summed E-state index contributed by atoms with van der Waals surface area (Å²) in [6.45, 7) is 5.51. The van der Waals surface area contributed by atoms with Crippen molar-refractivity contribution in [3.63, 3.8) is 0 Å². The van der Waals surface area contributed by atoms with Crippen molar-refractivity contribution >= 4 is 35.5 Å². The van der Waals surface area contributed by atoms with Crippen molar-refractivity contribution in [1.82, 2.24) is 20.9 Å². The highest BCUT2D eigenvalue weighted by molar-refractivity contribution is 5.95. The molecule has 4 atom stereocenters. The van der Waals surface area contributed by atoms with Crippen LogP contribution in [0.25, 0.3) is 0 Å². The molecule has 1 rings (SSSR count). The quantitative estimate of drug-likeness (QED) is 0.0718. The van der Waals surface area contributed by atoms with E-state index in [0.717, 1.165) is 0 Å². The Kier molecular flexibility index (Phi) is 12.6. The van der Waals surface area contributed by atoms with Gasteiger partial charge in [0.1, 0.15) is 18.1 Å². The molecular weight excluding hydrogens is 470 g/mol. The van der Waals surface area contributed by atoms with Crippen LogP contribution in [0, 0.1) is 5.92 Å². The number of carbonyl (C=O) groups is 5. The highest BCUT2D eigenvalue weighted by Crippen LogP contribution is 2.20. The minimum Gasteiger partial charge on any atom is -0.370 e. The third-order valence-corrected chi connectivity index (χ3v) is 5.59. The zero-order chi connectivity index (χ0) is 27.4. The third kappa shape index (κ3) is 10.5. The molecule has 36 heavy (non-hydrogen) atoms. The summed E-state index contributed by atoms with van der Waals surface area (Å²) < 4.78 is 0. The molecule has 5 amide bonds. The summed E-state index contributed by atoms with van der Waals surface area (Å²) in [7, 11) is 0. The van der Waals surface area contributed by atoms with E-state index in [2.05, 4.69) is 20.9 Å². The molecule has 0 aromatic heterocycles. The summed E-state index contributed by atoms with van der Waals surface area (Å²) in [6.07, 6.45) is 1.90. The average molecular weight is 512 g/mol. The molecule has 0 spiro atoms. The molecule has 11 N–H and O–H groups in total. The Balaban J connectivity index is 3.07. The molecule has 1 fully saturated rings. The second kappa shape index (κ2) is 14.9. The van der Waals surface area contributed by atoms with Crippen LogP contribution in [-0.4, -0.2) is 84.2 Å². The zero-order valence-electron chi connectivity index (χ0n) is 21.3. The molecule has 0 aromatic carbocycles. The predicted molar refractivity (Wildman–Crippen MR) is 134 cm³/mol. The largest absolute Gasteiger partial charge is 0.370 e. The number of guanidine groups is 1. The second-order valence-corrected chi connectivity index (χ2v) is 9.36. The van der Waals surface area contributed by atoms with Gasteiger partial charge in [-0.2, -0.15) is 0 Å². The van der Waals surface area contributed by atoms with Crippen LogP contribution < -0.4 is 38.9 Å². The second-order valence-electron chi connectivity index (χ2n) is 9.36. The van der Waals surface area contributed by atoms with Crippen LogP contribution in [0.15, 0.2) is 4.99 Å². The molecule has 1 aliphatic rings. The highest BCUT2D eigenvalue weighted by atomic mass is 16.2. The molecule has 0 aromatic rings. The normalized spacial score (nSPS) is 17.6. The fourth-order valence-electron chi connectivity index (χ4n) is 3.83.